The number of nitrogens with two attached hydrogens (primary N) is 1. The van der Waals surface area contributed by atoms with Gasteiger partial charge in [0.25, 0.3) is 11.5 Å². The summed E-state index contributed by atoms with van der Waals surface area (Å²) in [6.45, 7) is 10.2. The van der Waals surface area contributed by atoms with Crippen molar-refractivity contribution in [2.75, 3.05) is 17.2 Å². The molecule has 0 aliphatic carbocycles. The zero-order chi connectivity index (χ0) is 25.2. The predicted octanol–water partition coefficient (Wildman–Crippen LogP) is 3.68. The van der Waals surface area contributed by atoms with Crippen LogP contribution in [0.3, 0.4) is 0 Å². The van der Waals surface area contributed by atoms with Crippen LogP contribution in [0.25, 0.3) is 5.69 Å². The molecule has 3 aromatic rings. The van der Waals surface area contributed by atoms with Crippen molar-refractivity contribution < 1.29 is 4.79 Å². The van der Waals surface area contributed by atoms with Gasteiger partial charge < -0.3 is 10.6 Å². The molecule has 0 fully saturated rings. The van der Waals surface area contributed by atoms with Crippen LogP contribution >= 0.6 is 11.6 Å². The summed E-state index contributed by atoms with van der Waals surface area (Å²) < 4.78 is 3.02. The van der Waals surface area contributed by atoms with E-state index in [4.69, 9.17) is 17.3 Å². The summed E-state index contributed by atoms with van der Waals surface area (Å²) in [6, 6.07) is 6.90. The first-order chi connectivity index (χ1) is 16.1. The molecule has 2 heterocycles. The Morgan fingerprint density at radius 3 is 2.38 bits per heavy atom. The van der Waals surface area contributed by atoms with Gasteiger partial charge in [0, 0.05) is 18.7 Å². The van der Waals surface area contributed by atoms with Crippen molar-refractivity contribution in [1.82, 2.24) is 19.3 Å². The van der Waals surface area contributed by atoms with E-state index in [1.807, 2.05) is 34.6 Å². The molecule has 1 amide bonds. The molecule has 2 aromatic heterocycles. The van der Waals surface area contributed by atoms with Gasteiger partial charge in [0.2, 0.25) is 0 Å². The molecular weight excluding hydrogens is 456 g/mol. The fraction of sp³-hybridized carbons (Fsp3) is 0.417. The van der Waals surface area contributed by atoms with Gasteiger partial charge in [-0.05, 0) is 50.5 Å². The Kier molecular flexibility index (Phi) is 7.66. The highest BCUT2D eigenvalue weighted by Crippen LogP contribution is 2.24. The molecule has 182 valence electrons. The van der Waals surface area contributed by atoms with Crippen molar-refractivity contribution in [2.45, 2.75) is 54.0 Å². The molecule has 0 saturated carbocycles. The number of carbonyl (C=O) groups excluding carboxylic acids is 1. The van der Waals surface area contributed by atoms with Crippen LogP contribution in [0, 0.1) is 19.8 Å². The summed E-state index contributed by atoms with van der Waals surface area (Å²) in [5.41, 5.74) is 7.66. The SMILES string of the molecule is CCCCN(C(=O)c1ccc(-n2nc(C)c(Cl)c2C)cc1)c1c(N)n(CC(C)C)c(=O)[nH]c1=O. The van der Waals surface area contributed by atoms with E-state index >= 15 is 0 Å². The highest BCUT2D eigenvalue weighted by molar-refractivity contribution is 6.31. The third-order valence-corrected chi connectivity index (χ3v) is 6.12. The second-order valence-electron chi connectivity index (χ2n) is 8.75. The van der Waals surface area contributed by atoms with E-state index in [1.54, 1.807) is 28.9 Å². The number of amides is 1. The van der Waals surface area contributed by atoms with Crippen molar-refractivity contribution in [3.63, 3.8) is 0 Å². The van der Waals surface area contributed by atoms with E-state index in [0.29, 0.717) is 23.6 Å². The number of nitrogen functional groups attached to an aromatic ring is 1. The Morgan fingerprint density at radius 2 is 1.85 bits per heavy atom. The topological polar surface area (TPSA) is 119 Å². The van der Waals surface area contributed by atoms with Crippen LogP contribution in [0.5, 0.6) is 0 Å². The third kappa shape index (κ3) is 4.94. The molecule has 3 N–H and O–H groups in total. The Hall–Kier alpha value is -3.33. The smallest absolute Gasteiger partial charge is 0.330 e. The maximum Gasteiger partial charge on any atom is 0.330 e. The summed E-state index contributed by atoms with van der Waals surface area (Å²) >= 11 is 6.26. The van der Waals surface area contributed by atoms with Crippen molar-refractivity contribution in [3.05, 3.63) is 67.1 Å². The fourth-order valence-corrected chi connectivity index (χ4v) is 3.91. The van der Waals surface area contributed by atoms with Gasteiger partial charge in [0.1, 0.15) is 5.82 Å². The summed E-state index contributed by atoms with van der Waals surface area (Å²) in [5.74, 6) is -0.270. The number of rotatable bonds is 8. The maximum absolute atomic E-state index is 13.5. The van der Waals surface area contributed by atoms with Crippen LogP contribution in [0.15, 0.2) is 33.9 Å². The average Bonchev–Trinajstić information content (AvgIpc) is 3.05. The first-order valence-corrected chi connectivity index (χ1v) is 11.7. The molecule has 9 nitrogen and oxygen atoms in total. The van der Waals surface area contributed by atoms with Crippen LogP contribution in [0.1, 0.15) is 55.4 Å². The molecule has 34 heavy (non-hydrogen) atoms. The van der Waals surface area contributed by atoms with Crippen molar-refractivity contribution >= 4 is 29.0 Å². The number of aromatic nitrogens is 4. The first kappa shape index (κ1) is 25.3. The molecule has 0 aliphatic heterocycles. The number of hydrogen-bond donors (Lipinski definition) is 2. The van der Waals surface area contributed by atoms with Gasteiger partial charge in [-0.2, -0.15) is 5.10 Å². The number of nitrogens with zero attached hydrogens (tertiary/aromatic N) is 4. The van der Waals surface area contributed by atoms with Crippen molar-refractivity contribution in [2.24, 2.45) is 5.92 Å². The zero-order valence-electron chi connectivity index (χ0n) is 20.2. The lowest BCUT2D eigenvalue weighted by molar-refractivity contribution is 0.0986. The average molecular weight is 487 g/mol. The maximum atomic E-state index is 13.5. The predicted molar refractivity (Wildman–Crippen MR) is 135 cm³/mol. The summed E-state index contributed by atoms with van der Waals surface area (Å²) in [6.07, 6.45) is 1.47. The van der Waals surface area contributed by atoms with Gasteiger partial charge in [-0.3, -0.25) is 19.1 Å². The van der Waals surface area contributed by atoms with Crippen molar-refractivity contribution in [1.29, 1.82) is 0 Å². The molecule has 3 rings (SSSR count). The van der Waals surface area contributed by atoms with Crippen LogP contribution < -0.4 is 21.9 Å². The number of H-pyrrole nitrogens is 1. The fourth-order valence-electron chi connectivity index (χ4n) is 3.79. The second-order valence-corrected chi connectivity index (χ2v) is 9.13. The van der Waals surface area contributed by atoms with Gasteiger partial charge in [-0.1, -0.05) is 38.8 Å². The van der Waals surface area contributed by atoms with Gasteiger partial charge in [0.05, 0.1) is 22.1 Å². The molecular formula is C24H31ClN6O3. The minimum absolute atomic E-state index is 0.00639. The third-order valence-electron chi connectivity index (χ3n) is 5.57. The van der Waals surface area contributed by atoms with Gasteiger partial charge in [-0.25, -0.2) is 9.48 Å². The van der Waals surface area contributed by atoms with Gasteiger partial charge >= 0.3 is 5.69 Å². The Morgan fingerprint density at radius 1 is 1.21 bits per heavy atom. The molecule has 10 heteroatoms. The van der Waals surface area contributed by atoms with E-state index < -0.39 is 11.2 Å². The highest BCUT2D eigenvalue weighted by atomic mass is 35.5. The van der Waals surface area contributed by atoms with E-state index in [2.05, 4.69) is 10.1 Å². The van der Waals surface area contributed by atoms with Gasteiger partial charge in [0.15, 0.2) is 5.69 Å². The molecule has 0 unspecified atom stereocenters. The summed E-state index contributed by atoms with van der Waals surface area (Å²) in [4.78, 5) is 42.4. The Bertz CT molecular complexity index is 1300. The number of unbranched alkanes of at least 4 members (excludes halogenated alkanes) is 1. The molecule has 0 radical (unpaired) electrons. The highest BCUT2D eigenvalue weighted by Gasteiger charge is 2.25. The number of halogens is 1. The standard InChI is InChI=1S/C24H31ClN6O3/c1-6-7-12-29(20-21(26)30(13-14(2)3)24(34)27-22(20)32)23(33)17-8-10-18(11-9-17)31-16(5)19(25)15(4)28-31/h8-11,14H,6-7,12-13,26H2,1-5H3,(H,27,32,34). The minimum atomic E-state index is -0.680. The number of anilines is 2. The number of carbonyl (C=O) groups is 1. The Balaban J connectivity index is 2.04. The summed E-state index contributed by atoms with van der Waals surface area (Å²) in [7, 11) is 0. The van der Waals surface area contributed by atoms with Crippen LogP contribution in [-0.2, 0) is 6.54 Å². The number of hydrogen-bond acceptors (Lipinski definition) is 5. The van der Waals surface area contributed by atoms with Gasteiger partial charge in [-0.15, -0.1) is 0 Å². The first-order valence-electron chi connectivity index (χ1n) is 11.3. The molecule has 0 aliphatic rings. The molecule has 0 bridgehead atoms. The molecule has 0 atom stereocenters. The zero-order valence-corrected chi connectivity index (χ0v) is 20.9. The van der Waals surface area contributed by atoms with E-state index in [9.17, 15) is 14.4 Å². The second kappa shape index (κ2) is 10.3. The Labute approximate surface area is 203 Å². The number of nitrogens with one attached hydrogen (secondary N) is 1. The van der Waals surface area contributed by atoms with E-state index in [1.165, 1.54) is 9.47 Å². The number of aryl methyl sites for hydroxylation is 1. The molecule has 0 spiro atoms. The molecule has 0 saturated heterocycles. The lowest BCUT2D eigenvalue weighted by atomic mass is 10.1. The quantitative estimate of drug-likeness (QED) is 0.503. The van der Waals surface area contributed by atoms with Crippen LogP contribution in [0.2, 0.25) is 5.02 Å². The largest absolute Gasteiger partial charge is 0.383 e. The van der Waals surface area contributed by atoms with Crippen LogP contribution in [0.4, 0.5) is 11.5 Å². The van der Waals surface area contributed by atoms with E-state index in [0.717, 1.165) is 23.5 Å². The molecule has 1 aromatic carbocycles. The number of benzene rings is 1. The van der Waals surface area contributed by atoms with E-state index in [-0.39, 0.29) is 29.9 Å². The normalized spacial score (nSPS) is 11.3. The lowest BCUT2D eigenvalue weighted by Crippen LogP contribution is -2.42. The van der Waals surface area contributed by atoms with Crippen LogP contribution in [-0.4, -0.2) is 31.8 Å². The lowest BCUT2D eigenvalue weighted by Gasteiger charge is -2.25. The van der Waals surface area contributed by atoms with Crippen molar-refractivity contribution in [3.8, 4) is 5.69 Å². The minimum Gasteiger partial charge on any atom is -0.383 e. The summed E-state index contributed by atoms with van der Waals surface area (Å²) in [5, 5.41) is 5.03. The number of aromatic amines is 1. The monoisotopic (exact) mass is 486 g/mol.